The number of hydrogen-bond acceptors (Lipinski definition) is 2. The molecule has 0 bridgehead atoms. The minimum absolute atomic E-state index is 0.122. The van der Waals surface area contributed by atoms with E-state index in [0.717, 1.165) is 6.42 Å². The van der Waals surface area contributed by atoms with Gasteiger partial charge in [0.2, 0.25) is 0 Å². The highest BCUT2D eigenvalue weighted by atomic mass is 16.3. The lowest BCUT2D eigenvalue weighted by atomic mass is 9.70. The third kappa shape index (κ3) is 1.81. The van der Waals surface area contributed by atoms with E-state index in [9.17, 15) is 5.11 Å². The summed E-state index contributed by atoms with van der Waals surface area (Å²) in [6.07, 6.45) is 9.29. The molecular formula is C11H15NO. The van der Waals surface area contributed by atoms with Crippen molar-refractivity contribution in [1.82, 2.24) is 0 Å². The number of nitriles is 1. The Bertz CT molecular complexity index is 256. The molecule has 0 saturated carbocycles. The minimum Gasteiger partial charge on any atom is -0.395 e. The SMILES string of the molecule is CCC1(CO)C=CC=CC1CC#N. The molecule has 70 valence electrons. The fourth-order valence-corrected chi connectivity index (χ4v) is 1.79. The van der Waals surface area contributed by atoms with Crippen molar-refractivity contribution in [1.29, 1.82) is 5.26 Å². The lowest BCUT2D eigenvalue weighted by molar-refractivity contribution is 0.123. The number of aliphatic hydroxyl groups is 1. The van der Waals surface area contributed by atoms with E-state index in [1.807, 2.05) is 31.2 Å². The quantitative estimate of drug-likeness (QED) is 0.716. The molecule has 0 spiro atoms. The van der Waals surface area contributed by atoms with Crippen LogP contribution in [0.5, 0.6) is 0 Å². The first kappa shape index (κ1) is 10.0. The van der Waals surface area contributed by atoms with Gasteiger partial charge in [-0.2, -0.15) is 5.26 Å². The molecule has 2 atom stereocenters. The Balaban J connectivity index is 2.86. The number of hydrogen-bond donors (Lipinski definition) is 1. The standard InChI is InChI=1S/C11H15NO/c1-2-11(9-13)7-4-3-5-10(11)6-8-12/h3-5,7,10,13H,2,6,9H2,1H3. The zero-order valence-electron chi connectivity index (χ0n) is 7.90. The van der Waals surface area contributed by atoms with E-state index in [0.29, 0.717) is 6.42 Å². The van der Waals surface area contributed by atoms with Gasteiger partial charge >= 0.3 is 0 Å². The molecule has 0 aromatic carbocycles. The maximum absolute atomic E-state index is 9.34. The van der Waals surface area contributed by atoms with Crippen molar-refractivity contribution in [3.05, 3.63) is 24.3 Å². The predicted molar refractivity (Wildman–Crippen MR) is 51.8 cm³/mol. The zero-order chi connectivity index (χ0) is 9.73. The zero-order valence-corrected chi connectivity index (χ0v) is 7.90. The second-order valence-electron chi connectivity index (χ2n) is 3.46. The van der Waals surface area contributed by atoms with Crippen LogP contribution in [0.3, 0.4) is 0 Å². The van der Waals surface area contributed by atoms with Gasteiger partial charge in [-0.25, -0.2) is 0 Å². The molecule has 2 nitrogen and oxygen atoms in total. The molecular weight excluding hydrogens is 162 g/mol. The molecule has 2 unspecified atom stereocenters. The highest BCUT2D eigenvalue weighted by Gasteiger charge is 2.33. The molecule has 0 aromatic rings. The monoisotopic (exact) mass is 177 g/mol. The molecule has 0 radical (unpaired) electrons. The van der Waals surface area contributed by atoms with Gasteiger partial charge in [0.1, 0.15) is 0 Å². The molecule has 1 rings (SSSR count). The van der Waals surface area contributed by atoms with Crippen LogP contribution in [0, 0.1) is 22.7 Å². The third-order valence-corrected chi connectivity index (χ3v) is 2.88. The molecule has 0 saturated heterocycles. The number of allylic oxidation sites excluding steroid dienone is 3. The smallest absolute Gasteiger partial charge is 0.0628 e. The maximum Gasteiger partial charge on any atom is 0.0628 e. The van der Waals surface area contributed by atoms with Gasteiger partial charge in [0.05, 0.1) is 12.7 Å². The van der Waals surface area contributed by atoms with Gasteiger partial charge in [-0.3, -0.25) is 0 Å². The minimum atomic E-state index is -0.204. The Morgan fingerprint density at radius 2 is 2.31 bits per heavy atom. The van der Waals surface area contributed by atoms with Gasteiger partial charge in [-0.1, -0.05) is 31.2 Å². The average molecular weight is 177 g/mol. The van der Waals surface area contributed by atoms with Crippen LogP contribution < -0.4 is 0 Å². The van der Waals surface area contributed by atoms with Crippen LogP contribution >= 0.6 is 0 Å². The van der Waals surface area contributed by atoms with E-state index in [4.69, 9.17) is 5.26 Å². The summed E-state index contributed by atoms with van der Waals surface area (Å²) in [4.78, 5) is 0. The summed E-state index contributed by atoms with van der Waals surface area (Å²) in [6, 6.07) is 2.16. The summed E-state index contributed by atoms with van der Waals surface area (Å²) < 4.78 is 0. The van der Waals surface area contributed by atoms with E-state index in [1.54, 1.807) is 0 Å². The van der Waals surface area contributed by atoms with Gasteiger partial charge in [-0.15, -0.1) is 0 Å². The lowest BCUT2D eigenvalue weighted by Gasteiger charge is -2.35. The molecule has 0 aromatic heterocycles. The number of aliphatic hydroxyl groups excluding tert-OH is 1. The Morgan fingerprint density at radius 1 is 1.54 bits per heavy atom. The van der Waals surface area contributed by atoms with Crippen molar-refractivity contribution in [2.75, 3.05) is 6.61 Å². The summed E-state index contributed by atoms with van der Waals surface area (Å²) in [6.45, 7) is 2.17. The van der Waals surface area contributed by atoms with Crippen LogP contribution in [0.4, 0.5) is 0 Å². The molecule has 1 N–H and O–H groups in total. The first-order chi connectivity index (χ1) is 6.29. The maximum atomic E-state index is 9.34. The summed E-state index contributed by atoms with van der Waals surface area (Å²) in [5, 5.41) is 18.0. The molecule has 0 heterocycles. The highest BCUT2D eigenvalue weighted by Crippen LogP contribution is 2.38. The molecule has 0 fully saturated rings. The van der Waals surface area contributed by atoms with Crippen molar-refractivity contribution in [2.45, 2.75) is 19.8 Å². The molecule has 0 aliphatic heterocycles. The second kappa shape index (κ2) is 4.25. The molecule has 2 heteroatoms. The predicted octanol–water partition coefficient (Wildman–Crippen LogP) is 2.03. The Labute approximate surface area is 79.2 Å². The van der Waals surface area contributed by atoms with Crippen molar-refractivity contribution in [2.24, 2.45) is 11.3 Å². The first-order valence-corrected chi connectivity index (χ1v) is 4.63. The van der Waals surface area contributed by atoms with E-state index >= 15 is 0 Å². The van der Waals surface area contributed by atoms with Crippen LogP contribution in [0.2, 0.25) is 0 Å². The lowest BCUT2D eigenvalue weighted by Crippen LogP contribution is -2.31. The van der Waals surface area contributed by atoms with Crippen LogP contribution in [-0.2, 0) is 0 Å². The molecule has 13 heavy (non-hydrogen) atoms. The van der Waals surface area contributed by atoms with Gasteiger partial charge in [0.15, 0.2) is 0 Å². The van der Waals surface area contributed by atoms with Crippen LogP contribution in [0.1, 0.15) is 19.8 Å². The molecule has 0 amide bonds. The molecule has 1 aliphatic rings. The summed E-state index contributed by atoms with van der Waals surface area (Å²) in [5.74, 6) is 0.164. The summed E-state index contributed by atoms with van der Waals surface area (Å²) >= 11 is 0. The Hall–Kier alpha value is -1.07. The fraction of sp³-hybridized carbons (Fsp3) is 0.545. The van der Waals surface area contributed by atoms with Crippen molar-refractivity contribution in [3.8, 4) is 6.07 Å². The highest BCUT2D eigenvalue weighted by molar-refractivity contribution is 5.21. The molecule has 1 aliphatic carbocycles. The van der Waals surface area contributed by atoms with E-state index < -0.39 is 0 Å². The van der Waals surface area contributed by atoms with Crippen molar-refractivity contribution in [3.63, 3.8) is 0 Å². The Morgan fingerprint density at radius 3 is 2.85 bits per heavy atom. The Kier molecular flexibility index (Phi) is 3.27. The first-order valence-electron chi connectivity index (χ1n) is 4.63. The van der Waals surface area contributed by atoms with E-state index in [-0.39, 0.29) is 17.9 Å². The van der Waals surface area contributed by atoms with Gasteiger partial charge in [-0.05, 0) is 6.42 Å². The van der Waals surface area contributed by atoms with Crippen LogP contribution in [-0.4, -0.2) is 11.7 Å². The van der Waals surface area contributed by atoms with Crippen molar-refractivity contribution < 1.29 is 5.11 Å². The van der Waals surface area contributed by atoms with E-state index in [2.05, 4.69) is 6.07 Å². The third-order valence-electron chi connectivity index (χ3n) is 2.88. The van der Waals surface area contributed by atoms with Gasteiger partial charge in [0, 0.05) is 17.8 Å². The summed E-state index contributed by atoms with van der Waals surface area (Å²) in [5.41, 5.74) is -0.204. The van der Waals surface area contributed by atoms with Crippen LogP contribution in [0.25, 0.3) is 0 Å². The van der Waals surface area contributed by atoms with Crippen molar-refractivity contribution >= 4 is 0 Å². The number of nitrogens with zero attached hydrogens (tertiary/aromatic N) is 1. The summed E-state index contributed by atoms with van der Waals surface area (Å²) in [7, 11) is 0. The largest absolute Gasteiger partial charge is 0.395 e. The average Bonchev–Trinajstić information content (AvgIpc) is 2.20. The normalized spacial score (nSPS) is 31.6. The van der Waals surface area contributed by atoms with E-state index in [1.165, 1.54) is 0 Å². The fourth-order valence-electron chi connectivity index (χ4n) is 1.79. The second-order valence-corrected chi connectivity index (χ2v) is 3.46. The number of rotatable bonds is 3. The van der Waals surface area contributed by atoms with Gasteiger partial charge in [0.25, 0.3) is 0 Å². The topological polar surface area (TPSA) is 44.0 Å². The van der Waals surface area contributed by atoms with Gasteiger partial charge < -0.3 is 5.11 Å². The van der Waals surface area contributed by atoms with Crippen LogP contribution in [0.15, 0.2) is 24.3 Å².